The lowest BCUT2D eigenvalue weighted by atomic mass is 10.1. The molecule has 0 saturated carbocycles. The average molecular weight is 392 g/mol. The van der Waals surface area contributed by atoms with Gasteiger partial charge < -0.3 is 4.57 Å². The highest BCUT2D eigenvalue weighted by molar-refractivity contribution is 6.46. The topological polar surface area (TPSA) is 71.4 Å². The minimum atomic E-state index is -0.873. The fourth-order valence-corrected chi connectivity index (χ4v) is 3.11. The molecule has 134 valence electrons. The molecule has 1 N–H and O–H groups in total. The van der Waals surface area contributed by atoms with E-state index in [1.165, 1.54) is 18.2 Å². The summed E-state index contributed by atoms with van der Waals surface area (Å²) in [7, 11) is 1.89. The van der Waals surface area contributed by atoms with E-state index in [0.29, 0.717) is 0 Å². The molecule has 0 radical (unpaired) electrons. The molecule has 1 aromatic carbocycles. The number of hydrogen-bond acceptors (Lipinski definition) is 3. The number of rotatable bonds is 2. The third-order valence-corrected chi connectivity index (χ3v) is 5.20. The summed E-state index contributed by atoms with van der Waals surface area (Å²) < 4.78 is 1.94. The molecule has 1 aromatic heterocycles. The predicted molar refractivity (Wildman–Crippen MR) is 100 cm³/mol. The number of imide groups is 2. The molecule has 1 saturated heterocycles. The van der Waals surface area contributed by atoms with E-state index in [2.05, 4.69) is 5.32 Å². The van der Waals surface area contributed by atoms with Crippen molar-refractivity contribution in [1.82, 2.24) is 9.88 Å². The van der Waals surface area contributed by atoms with Crippen molar-refractivity contribution in [3.8, 4) is 0 Å². The summed E-state index contributed by atoms with van der Waals surface area (Å²) in [6, 6.07) is 5.57. The fraction of sp³-hybridized carbons (Fsp3) is 0.167. The first kappa shape index (κ1) is 18.2. The normalized spacial score (nSPS) is 16.4. The van der Waals surface area contributed by atoms with Crippen molar-refractivity contribution in [2.75, 3.05) is 4.90 Å². The van der Waals surface area contributed by atoms with Crippen LogP contribution in [-0.2, 0) is 16.6 Å². The number of anilines is 1. The van der Waals surface area contributed by atoms with Crippen LogP contribution in [0.5, 0.6) is 0 Å². The molecule has 1 fully saturated rings. The van der Waals surface area contributed by atoms with Crippen molar-refractivity contribution in [3.63, 3.8) is 0 Å². The van der Waals surface area contributed by atoms with Crippen molar-refractivity contribution in [2.45, 2.75) is 13.8 Å². The highest BCUT2D eigenvalue weighted by Gasteiger charge is 2.38. The van der Waals surface area contributed by atoms with Crippen molar-refractivity contribution in [3.05, 3.63) is 56.8 Å². The monoisotopic (exact) mass is 391 g/mol. The molecule has 1 aliphatic heterocycles. The number of hydrogen-bond donors (Lipinski definition) is 1. The quantitative estimate of drug-likeness (QED) is 0.627. The Morgan fingerprint density at radius 2 is 1.81 bits per heavy atom. The number of benzene rings is 1. The number of carbonyl (C=O) groups is 3. The maximum Gasteiger partial charge on any atom is 0.336 e. The van der Waals surface area contributed by atoms with Gasteiger partial charge in [0.1, 0.15) is 5.57 Å². The van der Waals surface area contributed by atoms with Crippen LogP contribution in [0.3, 0.4) is 0 Å². The van der Waals surface area contributed by atoms with E-state index < -0.39 is 17.8 Å². The largest absolute Gasteiger partial charge is 0.352 e. The number of aromatic nitrogens is 1. The number of urea groups is 1. The standard InChI is InChI=1S/C18H15Cl2N3O3/c1-9-7-11(10(2)22(9)3)8-12-16(24)21-18(26)23(17(12)25)14-6-4-5-13(19)15(14)20/h4-8H,1-3H3,(H,21,24,26)/b12-8-. The van der Waals surface area contributed by atoms with Crippen LogP contribution in [0.2, 0.25) is 10.0 Å². The number of halogens is 2. The van der Waals surface area contributed by atoms with Crippen LogP contribution < -0.4 is 10.2 Å². The molecule has 1 aliphatic rings. The molecule has 4 amide bonds. The minimum Gasteiger partial charge on any atom is -0.352 e. The SMILES string of the molecule is Cc1cc(/C=C2/C(=O)NC(=O)N(c3cccc(Cl)c3Cl)C2=O)c(C)n1C. The first-order valence-electron chi connectivity index (χ1n) is 7.70. The third-order valence-electron chi connectivity index (χ3n) is 4.39. The Morgan fingerprint density at radius 3 is 2.42 bits per heavy atom. The smallest absolute Gasteiger partial charge is 0.336 e. The van der Waals surface area contributed by atoms with E-state index in [1.54, 1.807) is 6.07 Å². The molecule has 2 heterocycles. The van der Waals surface area contributed by atoms with Gasteiger partial charge in [-0.1, -0.05) is 29.3 Å². The van der Waals surface area contributed by atoms with Gasteiger partial charge in [-0.15, -0.1) is 0 Å². The van der Waals surface area contributed by atoms with Gasteiger partial charge in [0, 0.05) is 18.4 Å². The van der Waals surface area contributed by atoms with Gasteiger partial charge in [0.05, 0.1) is 15.7 Å². The maximum absolute atomic E-state index is 12.9. The Hall–Kier alpha value is -2.57. The van der Waals surface area contributed by atoms with Crippen molar-refractivity contribution < 1.29 is 14.4 Å². The second kappa shape index (κ2) is 6.63. The van der Waals surface area contributed by atoms with Crippen LogP contribution in [0.4, 0.5) is 10.5 Å². The molecular formula is C18H15Cl2N3O3. The molecule has 26 heavy (non-hydrogen) atoms. The first-order valence-corrected chi connectivity index (χ1v) is 8.46. The zero-order valence-electron chi connectivity index (χ0n) is 14.3. The van der Waals surface area contributed by atoms with Crippen LogP contribution in [0.15, 0.2) is 29.8 Å². The Kier molecular flexibility index (Phi) is 4.64. The molecule has 3 rings (SSSR count). The van der Waals surface area contributed by atoms with Crippen LogP contribution in [0, 0.1) is 13.8 Å². The fourth-order valence-electron chi connectivity index (χ4n) is 2.73. The van der Waals surface area contributed by atoms with Crippen molar-refractivity contribution >= 4 is 52.8 Å². The molecule has 0 aliphatic carbocycles. The van der Waals surface area contributed by atoms with Gasteiger partial charge in [-0.2, -0.15) is 0 Å². The summed E-state index contributed by atoms with van der Waals surface area (Å²) in [5, 5.41) is 2.42. The Bertz CT molecular complexity index is 992. The number of nitrogens with zero attached hydrogens (tertiary/aromatic N) is 2. The van der Waals surface area contributed by atoms with Crippen molar-refractivity contribution in [1.29, 1.82) is 0 Å². The Labute approximate surface area is 160 Å². The number of amides is 4. The second-order valence-corrected chi connectivity index (χ2v) is 6.70. The Morgan fingerprint density at radius 1 is 1.12 bits per heavy atom. The molecule has 0 atom stereocenters. The summed E-state index contributed by atoms with van der Waals surface area (Å²) in [6.07, 6.45) is 1.47. The van der Waals surface area contributed by atoms with Crippen molar-refractivity contribution in [2.24, 2.45) is 7.05 Å². The van der Waals surface area contributed by atoms with E-state index in [4.69, 9.17) is 23.2 Å². The number of nitrogens with one attached hydrogen (secondary N) is 1. The Balaban J connectivity index is 2.10. The average Bonchev–Trinajstić information content (AvgIpc) is 2.82. The predicted octanol–water partition coefficient (Wildman–Crippen LogP) is 3.62. The third kappa shape index (κ3) is 2.91. The van der Waals surface area contributed by atoms with E-state index in [9.17, 15) is 14.4 Å². The molecule has 6 nitrogen and oxygen atoms in total. The van der Waals surface area contributed by atoms with E-state index in [0.717, 1.165) is 21.9 Å². The molecule has 0 unspecified atom stereocenters. The lowest BCUT2D eigenvalue weighted by Crippen LogP contribution is -2.54. The molecule has 0 bridgehead atoms. The van der Waals surface area contributed by atoms with E-state index in [1.807, 2.05) is 31.5 Å². The molecule has 0 spiro atoms. The summed E-state index contributed by atoms with van der Waals surface area (Å²) in [5.74, 6) is -1.51. The van der Waals surface area contributed by atoms with Crippen LogP contribution in [0.25, 0.3) is 6.08 Å². The first-order chi connectivity index (χ1) is 12.2. The lowest BCUT2D eigenvalue weighted by Gasteiger charge is -2.27. The summed E-state index contributed by atoms with van der Waals surface area (Å²) >= 11 is 12.1. The van der Waals surface area contributed by atoms with Crippen LogP contribution >= 0.6 is 23.2 Å². The van der Waals surface area contributed by atoms with Gasteiger partial charge in [-0.25, -0.2) is 9.69 Å². The number of barbiturate groups is 1. The summed E-state index contributed by atoms with van der Waals surface area (Å²) in [4.78, 5) is 38.2. The zero-order chi connectivity index (χ0) is 19.2. The minimum absolute atomic E-state index is 0.0538. The summed E-state index contributed by atoms with van der Waals surface area (Å²) in [5.41, 5.74) is 2.54. The van der Waals surface area contributed by atoms with Crippen LogP contribution in [-0.4, -0.2) is 22.4 Å². The maximum atomic E-state index is 12.9. The van der Waals surface area contributed by atoms with Gasteiger partial charge in [0.15, 0.2) is 0 Å². The van der Waals surface area contributed by atoms with Gasteiger partial charge in [-0.05, 0) is 43.7 Å². The molecule has 8 heteroatoms. The van der Waals surface area contributed by atoms with Gasteiger partial charge in [-0.3, -0.25) is 14.9 Å². The molecule has 2 aromatic rings. The zero-order valence-corrected chi connectivity index (χ0v) is 15.8. The van der Waals surface area contributed by atoms with Crippen LogP contribution in [0.1, 0.15) is 17.0 Å². The van der Waals surface area contributed by atoms with Gasteiger partial charge >= 0.3 is 6.03 Å². The highest BCUT2D eigenvalue weighted by Crippen LogP contribution is 2.34. The second-order valence-electron chi connectivity index (χ2n) is 5.92. The number of carbonyl (C=O) groups excluding carboxylic acids is 3. The molecular weight excluding hydrogens is 377 g/mol. The van der Waals surface area contributed by atoms with E-state index in [-0.39, 0.29) is 21.3 Å². The lowest BCUT2D eigenvalue weighted by molar-refractivity contribution is -0.122. The number of aryl methyl sites for hydroxylation is 1. The highest BCUT2D eigenvalue weighted by atomic mass is 35.5. The van der Waals surface area contributed by atoms with E-state index >= 15 is 0 Å². The van der Waals surface area contributed by atoms with Gasteiger partial charge in [0.25, 0.3) is 11.8 Å². The van der Waals surface area contributed by atoms with Gasteiger partial charge in [0.2, 0.25) is 0 Å². The summed E-state index contributed by atoms with van der Waals surface area (Å²) in [6.45, 7) is 3.79.